The van der Waals surface area contributed by atoms with E-state index in [0.717, 1.165) is 56.4 Å². The lowest BCUT2D eigenvalue weighted by Gasteiger charge is -2.41. The molecule has 1 aliphatic carbocycles. The van der Waals surface area contributed by atoms with E-state index < -0.39 is 0 Å². The molecular formula is C22H32FIN6O. The smallest absolute Gasteiger partial charge is 0.191 e. The summed E-state index contributed by atoms with van der Waals surface area (Å²) in [6.45, 7) is 4.78. The zero-order valence-corrected chi connectivity index (χ0v) is 20.6. The summed E-state index contributed by atoms with van der Waals surface area (Å²) >= 11 is 0. The standard InChI is InChI=1S/C22H31FN6O.HI/c1-3-24-21(25-15-22(11-4-12-22)16-5-7-17(23)8-6-16)26-18-9-10-20-27-19(14-30-2)28-29(20)13-18;/h5-8,18H,3-4,9-15H2,1-2H3,(H2,24,25,26);1H. The molecule has 0 radical (unpaired) electrons. The van der Waals surface area contributed by atoms with Gasteiger partial charge in [0, 0.05) is 31.5 Å². The van der Waals surface area contributed by atoms with Gasteiger partial charge in [-0.25, -0.2) is 14.1 Å². The van der Waals surface area contributed by atoms with Gasteiger partial charge in [-0.1, -0.05) is 18.6 Å². The van der Waals surface area contributed by atoms with Gasteiger partial charge in [0.1, 0.15) is 18.2 Å². The third kappa shape index (κ3) is 5.54. The van der Waals surface area contributed by atoms with E-state index in [-0.39, 0.29) is 41.3 Å². The number of ether oxygens (including phenoxy) is 1. The summed E-state index contributed by atoms with van der Waals surface area (Å²) < 4.78 is 20.5. The van der Waals surface area contributed by atoms with Gasteiger partial charge < -0.3 is 15.4 Å². The minimum Gasteiger partial charge on any atom is -0.377 e. The number of fused-ring (bicyclic) bond motifs is 1. The van der Waals surface area contributed by atoms with Gasteiger partial charge in [0.25, 0.3) is 0 Å². The molecule has 4 rings (SSSR count). The first-order valence-electron chi connectivity index (χ1n) is 10.8. The van der Waals surface area contributed by atoms with Crippen LogP contribution in [0.1, 0.15) is 49.8 Å². The van der Waals surface area contributed by atoms with Gasteiger partial charge in [0.05, 0.1) is 13.1 Å². The second kappa shape index (κ2) is 10.7. The Hall–Kier alpha value is -1.75. The van der Waals surface area contributed by atoms with Gasteiger partial charge in [-0.2, -0.15) is 5.10 Å². The Bertz CT molecular complexity index is 881. The van der Waals surface area contributed by atoms with Crippen molar-refractivity contribution in [1.29, 1.82) is 0 Å². The third-order valence-electron chi connectivity index (χ3n) is 6.17. The van der Waals surface area contributed by atoms with Crippen LogP contribution in [0.4, 0.5) is 4.39 Å². The lowest BCUT2D eigenvalue weighted by atomic mass is 9.64. The Kier molecular flexibility index (Phi) is 8.26. The molecule has 0 amide bonds. The van der Waals surface area contributed by atoms with Crippen molar-refractivity contribution in [1.82, 2.24) is 25.4 Å². The molecule has 1 aromatic carbocycles. The van der Waals surface area contributed by atoms with Crippen molar-refractivity contribution in [3.63, 3.8) is 0 Å². The van der Waals surface area contributed by atoms with Gasteiger partial charge in [-0.05, 0) is 43.9 Å². The fourth-order valence-electron chi connectivity index (χ4n) is 4.36. The van der Waals surface area contributed by atoms with E-state index in [1.54, 1.807) is 19.2 Å². The van der Waals surface area contributed by atoms with E-state index >= 15 is 0 Å². The fourth-order valence-corrected chi connectivity index (χ4v) is 4.36. The molecule has 2 N–H and O–H groups in total. The lowest BCUT2D eigenvalue weighted by Crippen LogP contribution is -2.48. The van der Waals surface area contributed by atoms with Crippen molar-refractivity contribution in [2.45, 2.75) is 63.6 Å². The topological polar surface area (TPSA) is 76.4 Å². The first kappa shape index (κ1) is 23.9. The van der Waals surface area contributed by atoms with Gasteiger partial charge in [0.2, 0.25) is 0 Å². The number of aromatic nitrogens is 3. The van der Waals surface area contributed by atoms with E-state index in [4.69, 9.17) is 9.73 Å². The molecule has 1 fully saturated rings. The number of benzene rings is 1. The van der Waals surface area contributed by atoms with Crippen molar-refractivity contribution >= 4 is 29.9 Å². The molecule has 9 heteroatoms. The fraction of sp³-hybridized carbons (Fsp3) is 0.591. The first-order chi connectivity index (χ1) is 14.6. The number of halogens is 2. The molecule has 1 unspecified atom stereocenters. The van der Waals surface area contributed by atoms with Crippen LogP contribution in [-0.2, 0) is 29.7 Å². The molecule has 1 aliphatic heterocycles. The maximum atomic E-state index is 13.4. The summed E-state index contributed by atoms with van der Waals surface area (Å²) in [6, 6.07) is 7.18. The second-order valence-electron chi connectivity index (χ2n) is 8.28. The molecule has 170 valence electrons. The van der Waals surface area contributed by atoms with Gasteiger partial charge in [-0.3, -0.25) is 4.99 Å². The second-order valence-corrected chi connectivity index (χ2v) is 8.28. The zero-order valence-electron chi connectivity index (χ0n) is 18.2. The lowest BCUT2D eigenvalue weighted by molar-refractivity contribution is 0.177. The Balaban J connectivity index is 0.00000272. The summed E-state index contributed by atoms with van der Waals surface area (Å²) in [7, 11) is 1.66. The third-order valence-corrected chi connectivity index (χ3v) is 6.17. The van der Waals surface area contributed by atoms with E-state index in [2.05, 4.69) is 27.6 Å². The van der Waals surface area contributed by atoms with Crippen molar-refractivity contribution < 1.29 is 9.13 Å². The van der Waals surface area contributed by atoms with Gasteiger partial charge in [-0.15, -0.1) is 24.0 Å². The Morgan fingerprint density at radius 3 is 2.74 bits per heavy atom. The molecule has 0 saturated heterocycles. The number of methoxy groups -OCH3 is 1. The number of guanidine groups is 1. The summed E-state index contributed by atoms with van der Waals surface area (Å²) in [5.41, 5.74) is 1.21. The minimum absolute atomic E-state index is 0. The number of aryl methyl sites for hydroxylation is 1. The van der Waals surface area contributed by atoms with Crippen molar-refractivity contribution in [3.8, 4) is 0 Å². The van der Waals surface area contributed by atoms with Crippen LogP contribution in [0.15, 0.2) is 29.3 Å². The molecule has 1 atom stereocenters. The summed E-state index contributed by atoms with van der Waals surface area (Å²) in [5.74, 6) is 2.40. The van der Waals surface area contributed by atoms with Crippen LogP contribution < -0.4 is 10.6 Å². The number of aliphatic imine (C=N–C) groups is 1. The van der Waals surface area contributed by atoms with Crippen molar-refractivity contribution in [2.24, 2.45) is 4.99 Å². The Morgan fingerprint density at radius 1 is 1.32 bits per heavy atom. The maximum absolute atomic E-state index is 13.4. The number of rotatable bonds is 7. The molecule has 2 aliphatic rings. The van der Waals surface area contributed by atoms with Crippen LogP contribution in [0.5, 0.6) is 0 Å². The van der Waals surface area contributed by atoms with Crippen molar-refractivity contribution in [2.75, 3.05) is 20.2 Å². The van der Waals surface area contributed by atoms with E-state index in [9.17, 15) is 4.39 Å². The first-order valence-corrected chi connectivity index (χ1v) is 10.8. The Labute approximate surface area is 200 Å². The molecule has 31 heavy (non-hydrogen) atoms. The van der Waals surface area contributed by atoms with Gasteiger partial charge >= 0.3 is 0 Å². The largest absolute Gasteiger partial charge is 0.377 e. The molecule has 1 saturated carbocycles. The highest BCUT2D eigenvalue weighted by Gasteiger charge is 2.38. The molecule has 7 nitrogen and oxygen atoms in total. The van der Waals surface area contributed by atoms with Crippen LogP contribution in [0.25, 0.3) is 0 Å². The van der Waals surface area contributed by atoms with Crippen LogP contribution in [-0.4, -0.2) is 47.0 Å². The van der Waals surface area contributed by atoms with Crippen LogP contribution in [0, 0.1) is 5.82 Å². The molecule has 0 bridgehead atoms. The van der Waals surface area contributed by atoms with Crippen LogP contribution in [0.3, 0.4) is 0 Å². The highest BCUT2D eigenvalue weighted by Crippen LogP contribution is 2.44. The highest BCUT2D eigenvalue weighted by atomic mass is 127. The maximum Gasteiger partial charge on any atom is 0.191 e. The van der Waals surface area contributed by atoms with E-state index in [1.165, 1.54) is 12.0 Å². The van der Waals surface area contributed by atoms with Crippen molar-refractivity contribution in [3.05, 3.63) is 47.3 Å². The van der Waals surface area contributed by atoms with Crippen LogP contribution in [0.2, 0.25) is 0 Å². The molecule has 0 spiro atoms. The average Bonchev–Trinajstić information content (AvgIpc) is 3.10. The zero-order chi connectivity index (χ0) is 21.0. The number of hydrogen-bond donors (Lipinski definition) is 2. The predicted octanol–water partition coefficient (Wildman–Crippen LogP) is 3.17. The number of nitrogens with zero attached hydrogens (tertiary/aromatic N) is 4. The summed E-state index contributed by atoms with van der Waals surface area (Å²) in [6.07, 6.45) is 5.25. The molecule has 1 aromatic heterocycles. The molecule has 2 aromatic rings. The number of hydrogen-bond acceptors (Lipinski definition) is 4. The summed E-state index contributed by atoms with van der Waals surface area (Å²) in [4.78, 5) is 9.47. The van der Waals surface area contributed by atoms with E-state index in [1.807, 2.05) is 16.8 Å². The molecule has 2 heterocycles. The monoisotopic (exact) mass is 542 g/mol. The molecular weight excluding hydrogens is 510 g/mol. The minimum atomic E-state index is -0.190. The van der Waals surface area contributed by atoms with E-state index in [0.29, 0.717) is 13.2 Å². The number of nitrogens with one attached hydrogen (secondary N) is 2. The SMILES string of the molecule is CCNC(=NCC1(c2ccc(F)cc2)CCC1)NC1CCc2nc(COC)nn2C1.I. The highest BCUT2D eigenvalue weighted by molar-refractivity contribution is 14.0. The Morgan fingerprint density at radius 2 is 2.10 bits per heavy atom. The quantitative estimate of drug-likeness (QED) is 0.320. The van der Waals surface area contributed by atoms with Crippen LogP contribution >= 0.6 is 24.0 Å². The summed E-state index contributed by atoms with van der Waals surface area (Å²) in [5, 5.41) is 11.5. The normalized spacial score (nSPS) is 19.7. The predicted molar refractivity (Wildman–Crippen MR) is 129 cm³/mol. The average molecular weight is 542 g/mol. The van der Waals surface area contributed by atoms with Gasteiger partial charge in [0.15, 0.2) is 11.8 Å².